The van der Waals surface area contributed by atoms with Gasteiger partial charge >= 0.3 is 11.9 Å². The highest BCUT2D eigenvalue weighted by molar-refractivity contribution is 5.94. The van der Waals surface area contributed by atoms with Gasteiger partial charge in [0.2, 0.25) is 5.75 Å². The minimum absolute atomic E-state index is 0.145. The molecule has 0 spiro atoms. The predicted octanol–water partition coefficient (Wildman–Crippen LogP) is 4.06. The van der Waals surface area contributed by atoms with Crippen LogP contribution < -0.4 is 14.2 Å². The van der Waals surface area contributed by atoms with Crippen LogP contribution in [0.3, 0.4) is 0 Å². The molecule has 0 aromatic heterocycles. The fourth-order valence-corrected chi connectivity index (χ4v) is 4.12. The van der Waals surface area contributed by atoms with Crippen LogP contribution in [0.1, 0.15) is 44.8 Å². The van der Waals surface area contributed by atoms with E-state index in [4.69, 9.17) is 21.7 Å². The molecule has 1 aliphatic carbocycles. The van der Waals surface area contributed by atoms with Crippen molar-refractivity contribution in [3.05, 3.63) is 41.5 Å². The van der Waals surface area contributed by atoms with Crippen LogP contribution in [0.2, 0.25) is 0 Å². The van der Waals surface area contributed by atoms with Crippen molar-refractivity contribution in [1.29, 1.82) is 0 Å². The van der Waals surface area contributed by atoms with Crippen molar-refractivity contribution in [2.24, 2.45) is 5.41 Å². The molecule has 7 heteroatoms. The monoisotopic (exact) mass is 414 g/mol. The van der Waals surface area contributed by atoms with Crippen molar-refractivity contribution in [2.75, 3.05) is 14.2 Å². The van der Waals surface area contributed by atoms with Gasteiger partial charge in [-0.25, -0.2) is 4.79 Å². The van der Waals surface area contributed by atoms with Crippen LogP contribution in [0.4, 0.5) is 0 Å². The SMILES string of the molecule is [2H]C([2H])Oc1ccc(-c2ccc3c(c2)COC3=O)c(OC(C)C2(C(=O)O)CCC2)c1OC. The topological polar surface area (TPSA) is 91.3 Å². The molecule has 4 rings (SSSR count). The van der Waals surface area contributed by atoms with Gasteiger partial charge in [-0.05, 0) is 49.6 Å². The van der Waals surface area contributed by atoms with Gasteiger partial charge in [-0.15, -0.1) is 0 Å². The molecule has 1 heterocycles. The zero-order chi connectivity index (χ0) is 23.0. The fourth-order valence-electron chi connectivity index (χ4n) is 4.12. The lowest BCUT2D eigenvalue weighted by Crippen LogP contribution is -2.49. The highest BCUT2D eigenvalue weighted by Crippen LogP contribution is 2.50. The van der Waals surface area contributed by atoms with Crippen molar-refractivity contribution in [3.63, 3.8) is 0 Å². The normalized spacial score (nSPS) is 18.4. The zero-order valence-electron chi connectivity index (χ0n) is 18.8. The molecular weight excluding hydrogens is 388 g/mol. The van der Waals surface area contributed by atoms with E-state index < -0.39 is 24.6 Å². The maximum Gasteiger partial charge on any atom is 0.338 e. The van der Waals surface area contributed by atoms with Gasteiger partial charge in [0.1, 0.15) is 18.1 Å². The molecule has 2 aromatic carbocycles. The number of aliphatic carboxylic acids is 1. The molecule has 2 aliphatic rings. The molecule has 0 amide bonds. The Kier molecular flexibility index (Phi) is 4.44. The van der Waals surface area contributed by atoms with Crippen molar-refractivity contribution in [2.45, 2.75) is 38.9 Å². The number of esters is 1. The number of rotatable bonds is 7. The molecule has 0 saturated heterocycles. The first-order valence-electron chi connectivity index (χ1n) is 10.8. The Morgan fingerprint density at radius 2 is 1.97 bits per heavy atom. The molecule has 0 bridgehead atoms. The van der Waals surface area contributed by atoms with Gasteiger partial charge in [0, 0.05) is 11.1 Å². The molecule has 1 atom stereocenters. The Bertz CT molecular complexity index is 1060. The smallest absolute Gasteiger partial charge is 0.338 e. The van der Waals surface area contributed by atoms with E-state index in [-0.39, 0.29) is 29.8 Å². The third-order valence-corrected chi connectivity index (χ3v) is 6.15. The molecule has 30 heavy (non-hydrogen) atoms. The minimum atomic E-state index is -1.58. The largest absolute Gasteiger partial charge is 0.493 e. The fraction of sp³-hybridized carbons (Fsp3) is 0.391. The molecule has 1 saturated carbocycles. The number of cyclic esters (lactones) is 1. The van der Waals surface area contributed by atoms with E-state index in [0.717, 1.165) is 17.5 Å². The molecule has 1 N–H and O–H groups in total. The van der Waals surface area contributed by atoms with E-state index in [1.807, 2.05) is 6.07 Å². The van der Waals surface area contributed by atoms with E-state index in [1.54, 1.807) is 31.2 Å². The van der Waals surface area contributed by atoms with E-state index in [9.17, 15) is 14.7 Å². The van der Waals surface area contributed by atoms with Crippen LogP contribution in [-0.2, 0) is 16.1 Å². The lowest BCUT2D eigenvalue weighted by molar-refractivity contribution is -0.162. The van der Waals surface area contributed by atoms with Crippen LogP contribution in [-0.4, -0.2) is 37.3 Å². The molecule has 7 nitrogen and oxygen atoms in total. The lowest BCUT2D eigenvalue weighted by Gasteiger charge is -2.42. The Morgan fingerprint density at radius 3 is 2.60 bits per heavy atom. The number of hydrogen-bond donors (Lipinski definition) is 1. The average molecular weight is 414 g/mol. The summed E-state index contributed by atoms with van der Waals surface area (Å²) in [6.07, 6.45) is 1.17. The summed E-state index contributed by atoms with van der Waals surface area (Å²) >= 11 is 0. The van der Waals surface area contributed by atoms with Crippen molar-refractivity contribution in [3.8, 4) is 28.4 Å². The molecule has 0 radical (unpaired) electrons. The number of fused-ring (bicyclic) bond motifs is 1. The van der Waals surface area contributed by atoms with E-state index in [2.05, 4.69) is 0 Å². The summed E-state index contributed by atoms with van der Waals surface area (Å²) in [6.45, 7) is 1.89. The Hall–Kier alpha value is -3.22. The van der Waals surface area contributed by atoms with Gasteiger partial charge < -0.3 is 24.1 Å². The summed E-state index contributed by atoms with van der Waals surface area (Å²) < 4.78 is 37.0. The third-order valence-electron chi connectivity index (χ3n) is 6.15. The van der Waals surface area contributed by atoms with Crippen LogP contribution in [0.5, 0.6) is 17.2 Å². The van der Waals surface area contributed by atoms with Crippen LogP contribution in [0.25, 0.3) is 11.1 Å². The first kappa shape index (κ1) is 17.6. The molecule has 1 unspecified atom stereocenters. The summed E-state index contributed by atoms with van der Waals surface area (Å²) in [6, 6.07) is 8.54. The third kappa shape index (κ3) is 3.05. The first-order chi connectivity index (χ1) is 15.3. The van der Waals surface area contributed by atoms with E-state index in [1.165, 1.54) is 7.11 Å². The average Bonchev–Trinajstić information content (AvgIpc) is 3.07. The molecule has 2 aromatic rings. The summed E-state index contributed by atoms with van der Waals surface area (Å²) in [5, 5.41) is 9.82. The minimum Gasteiger partial charge on any atom is -0.493 e. The highest BCUT2D eigenvalue weighted by Gasteiger charge is 2.50. The second-order valence-corrected chi connectivity index (χ2v) is 7.61. The number of hydrogen-bond acceptors (Lipinski definition) is 6. The first-order valence-corrected chi connectivity index (χ1v) is 9.69. The molecule has 1 aliphatic heterocycles. The standard InChI is InChI=1S/C23H24O7/c1-13(23(22(25)26)9-4-10-23)30-19-16(7-8-18(27-2)20(19)28-3)14-5-6-17-15(11-14)12-29-21(17)24/h5-8,11,13H,4,9-10,12H2,1-3H3,(H,25,26)/i2D2. The Morgan fingerprint density at radius 1 is 1.20 bits per heavy atom. The summed E-state index contributed by atoms with van der Waals surface area (Å²) in [5.41, 5.74) is 1.58. The van der Waals surface area contributed by atoms with E-state index >= 15 is 0 Å². The number of carbonyl (C=O) groups is 2. The Balaban J connectivity index is 1.81. The number of methoxy groups -OCH3 is 2. The van der Waals surface area contributed by atoms with Crippen LogP contribution in [0, 0.1) is 5.41 Å². The molecular formula is C23H24O7. The van der Waals surface area contributed by atoms with Crippen LogP contribution in [0.15, 0.2) is 30.3 Å². The summed E-state index contributed by atoms with van der Waals surface area (Å²) in [5.74, 6) is -0.702. The van der Waals surface area contributed by atoms with Crippen molar-refractivity contribution >= 4 is 11.9 Å². The predicted molar refractivity (Wildman–Crippen MR) is 108 cm³/mol. The number of ether oxygens (including phenoxy) is 4. The van der Waals surface area contributed by atoms with Crippen molar-refractivity contribution < 1.29 is 36.4 Å². The van der Waals surface area contributed by atoms with Crippen molar-refractivity contribution in [1.82, 2.24) is 0 Å². The van der Waals surface area contributed by atoms with Crippen LogP contribution >= 0.6 is 0 Å². The van der Waals surface area contributed by atoms with Gasteiger partial charge in [-0.1, -0.05) is 12.5 Å². The number of carboxylic acid groups (broad SMARTS) is 1. The summed E-state index contributed by atoms with van der Waals surface area (Å²) in [7, 11) is -0.169. The number of carbonyl (C=O) groups excluding carboxylic acids is 1. The van der Waals surface area contributed by atoms with Gasteiger partial charge in [0.25, 0.3) is 0 Å². The molecule has 158 valence electrons. The second kappa shape index (κ2) is 7.55. The summed E-state index contributed by atoms with van der Waals surface area (Å²) in [4.78, 5) is 23.8. The number of carboxylic acids is 1. The maximum atomic E-state index is 12.0. The Labute approximate surface area is 177 Å². The highest BCUT2D eigenvalue weighted by atomic mass is 16.5. The molecule has 1 fully saturated rings. The zero-order valence-corrected chi connectivity index (χ0v) is 16.8. The van der Waals surface area contributed by atoms with Gasteiger partial charge in [0.05, 0.1) is 22.5 Å². The number of benzene rings is 2. The van der Waals surface area contributed by atoms with Gasteiger partial charge in [0.15, 0.2) is 11.5 Å². The van der Waals surface area contributed by atoms with Gasteiger partial charge in [-0.3, -0.25) is 4.79 Å². The quantitative estimate of drug-likeness (QED) is 0.683. The maximum absolute atomic E-state index is 12.0. The second-order valence-electron chi connectivity index (χ2n) is 7.61. The van der Waals surface area contributed by atoms with E-state index in [0.29, 0.717) is 24.0 Å². The van der Waals surface area contributed by atoms with Gasteiger partial charge in [-0.2, -0.15) is 0 Å². The lowest BCUT2D eigenvalue weighted by atomic mass is 9.65.